The minimum Gasteiger partial charge on any atom is -0.497 e. The number of benzene rings is 2. The molecule has 1 amide bonds. The lowest BCUT2D eigenvalue weighted by Crippen LogP contribution is -2.36. The number of ether oxygens (including phenoxy) is 1. The average Bonchev–Trinajstić information content (AvgIpc) is 2.75. The fourth-order valence-electron chi connectivity index (χ4n) is 3.21. The topological polar surface area (TPSA) is 66.0 Å². The van der Waals surface area contributed by atoms with Crippen LogP contribution in [0.2, 0.25) is 0 Å². The maximum absolute atomic E-state index is 12.0. The van der Waals surface area contributed by atoms with Crippen molar-refractivity contribution in [3.05, 3.63) is 59.7 Å². The molecule has 0 unspecified atom stereocenters. The number of halogens is 1. The lowest BCUT2D eigenvalue weighted by Gasteiger charge is -2.26. The van der Waals surface area contributed by atoms with Gasteiger partial charge in [0.1, 0.15) is 5.75 Å². The number of piperidine rings is 1. The molecule has 1 saturated heterocycles. The van der Waals surface area contributed by atoms with Crippen molar-refractivity contribution in [3.8, 4) is 5.75 Å². The number of anilines is 1. The fourth-order valence-corrected chi connectivity index (χ4v) is 3.21. The zero-order chi connectivity index (χ0) is 19.8. The molecule has 1 heterocycles. The molecule has 0 radical (unpaired) electrons. The predicted octanol–water partition coefficient (Wildman–Crippen LogP) is 3.70. The molecule has 29 heavy (non-hydrogen) atoms. The molecule has 1 fully saturated rings. The van der Waals surface area contributed by atoms with Gasteiger partial charge in [-0.15, -0.1) is 24.0 Å². The second kappa shape index (κ2) is 11.6. The molecule has 1 aliphatic rings. The molecule has 1 aliphatic heterocycles. The van der Waals surface area contributed by atoms with E-state index < -0.39 is 0 Å². The summed E-state index contributed by atoms with van der Waals surface area (Å²) in [5, 5.41) is 6.63. The molecule has 0 aromatic heterocycles. The third-order valence-corrected chi connectivity index (χ3v) is 4.87. The minimum atomic E-state index is 0. The van der Waals surface area contributed by atoms with E-state index in [0.717, 1.165) is 47.9 Å². The summed E-state index contributed by atoms with van der Waals surface area (Å²) >= 11 is 0. The predicted molar refractivity (Wildman–Crippen MR) is 128 cm³/mol. The monoisotopic (exact) mass is 508 g/mol. The molecule has 2 aromatic carbocycles. The Bertz CT molecular complexity index is 807. The first-order valence-electron chi connectivity index (χ1n) is 9.66. The number of aliphatic imine (C=N–C) groups is 1. The summed E-state index contributed by atoms with van der Waals surface area (Å²) in [5.74, 6) is 1.81. The van der Waals surface area contributed by atoms with Crippen LogP contribution in [0.4, 0.5) is 5.69 Å². The molecule has 156 valence electrons. The Morgan fingerprint density at radius 3 is 2.10 bits per heavy atom. The minimum absolute atomic E-state index is 0. The Morgan fingerprint density at radius 2 is 1.59 bits per heavy atom. The highest BCUT2D eigenvalue weighted by atomic mass is 127. The Morgan fingerprint density at radius 1 is 1.00 bits per heavy atom. The molecule has 2 N–H and O–H groups in total. The number of hydrogen-bond acceptors (Lipinski definition) is 3. The number of nitrogens with one attached hydrogen (secondary N) is 2. The van der Waals surface area contributed by atoms with Gasteiger partial charge in [0.15, 0.2) is 5.96 Å². The second-order valence-corrected chi connectivity index (χ2v) is 6.80. The van der Waals surface area contributed by atoms with Crippen molar-refractivity contribution in [2.45, 2.75) is 32.4 Å². The van der Waals surface area contributed by atoms with Crippen molar-refractivity contribution < 1.29 is 9.53 Å². The van der Waals surface area contributed by atoms with Gasteiger partial charge in [-0.3, -0.25) is 9.79 Å². The van der Waals surface area contributed by atoms with Gasteiger partial charge in [0.2, 0.25) is 5.91 Å². The molecule has 0 spiro atoms. The number of methoxy groups -OCH3 is 1. The highest BCUT2D eigenvalue weighted by Crippen LogP contribution is 2.21. The number of guanidine groups is 1. The van der Waals surface area contributed by atoms with Gasteiger partial charge in [-0.05, 0) is 48.2 Å². The van der Waals surface area contributed by atoms with E-state index in [1.54, 1.807) is 14.2 Å². The molecule has 0 aliphatic carbocycles. The van der Waals surface area contributed by atoms with Crippen LogP contribution in [0, 0.1) is 0 Å². The van der Waals surface area contributed by atoms with Gasteiger partial charge in [0.05, 0.1) is 7.11 Å². The van der Waals surface area contributed by atoms with Crippen LogP contribution >= 0.6 is 24.0 Å². The van der Waals surface area contributed by atoms with Crippen molar-refractivity contribution in [2.75, 3.05) is 25.6 Å². The van der Waals surface area contributed by atoms with Crippen LogP contribution in [0.1, 0.15) is 30.4 Å². The standard InChI is InChI=1S/C22H28N4O2.HI/c1-23-22(25-16-18-8-12-20(28-2)13-9-18)24-15-17-6-10-19(11-7-17)26-14-4-3-5-21(26)27;/h6-13H,3-5,14-16H2,1-2H3,(H2,23,24,25);1H. The number of nitrogens with zero attached hydrogens (tertiary/aromatic N) is 2. The zero-order valence-corrected chi connectivity index (χ0v) is 19.3. The molecule has 0 atom stereocenters. The van der Waals surface area contributed by atoms with Gasteiger partial charge >= 0.3 is 0 Å². The summed E-state index contributed by atoms with van der Waals surface area (Å²) in [4.78, 5) is 18.2. The SMILES string of the molecule is CN=C(NCc1ccc(OC)cc1)NCc1ccc(N2CCCCC2=O)cc1.I. The highest BCUT2D eigenvalue weighted by molar-refractivity contribution is 14.0. The average molecular weight is 508 g/mol. The second-order valence-electron chi connectivity index (χ2n) is 6.80. The van der Waals surface area contributed by atoms with Crippen LogP contribution in [-0.2, 0) is 17.9 Å². The first-order valence-corrected chi connectivity index (χ1v) is 9.66. The van der Waals surface area contributed by atoms with Crippen LogP contribution in [0.15, 0.2) is 53.5 Å². The Kier molecular flexibility index (Phi) is 9.24. The molecule has 7 heteroatoms. The Labute approximate surface area is 189 Å². The molecule has 2 aromatic rings. The maximum atomic E-state index is 12.0. The first kappa shape index (κ1) is 23.0. The Hall–Kier alpha value is -2.29. The largest absolute Gasteiger partial charge is 0.497 e. The molecule has 6 nitrogen and oxygen atoms in total. The lowest BCUT2D eigenvalue weighted by atomic mass is 10.1. The van der Waals surface area contributed by atoms with E-state index in [-0.39, 0.29) is 29.9 Å². The van der Waals surface area contributed by atoms with Crippen LogP contribution in [0.5, 0.6) is 5.75 Å². The first-order chi connectivity index (χ1) is 13.7. The van der Waals surface area contributed by atoms with Crippen molar-refractivity contribution >= 4 is 41.5 Å². The van der Waals surface area contributed by atoms with E-state index in [9.17, 15) is 4.79 Å². The number of hydrogen-bond donors (Lipinski definition) is 2. The van der Waals surface area contributed by atoms with Gasteiger partial charge in [-0.1, -0.05) is 24.3 Å². The third kappa shape index (κ3) is 6.62. The molecular weight excluding hydrogens is 479 g/mol. The van der Waals surface area contributed by atoms with Gasteiger partial charge < -0.3 is 20.3 Å². The van der Waals surface area contributed by atoms with Crippen LogP contribution < -0.4 is 20.3 Å². The summed E-state index contributed by atoms with van der Waals surface area (Å²) in [6.07, 6.45) is 2.73. The van der Waals surface area contributed by atoms with Crippen LogP contribution in [0.3, 0.4) is 0 Å². The summed E-state index contributed by atoms with van der Waals surface area (Å²) in [6, 6.07) is 16.1. The van der Waals surface area contributed by atoms with Gasteiger partial charge in [-0.25, -0.2) is 0 Å². The van der Waals surface area contributed by atoms with E-state index in [1.807, 2.05) is 41.3 Å². The summed E-state index contributed by atoms with van der Waals surface area (Å²) in [5.41, 5.74) is 3.27. The molecule has 0 bridgehead atoms. The maximum Gasteiger partial charge on any atom is 0.226 e. The van der Waals surface area contributed by atoms with E-state index in [1.165, 1.54) is 0 Å². The van der Waals surface area contributed by atoms with Crippen molar-refractivity contribution in [1.82, 2.24) is 10.6 Å². The normalized spacial score (nSPS) is 14.2. The number of rotatable bonds is 6. The molecule has 3 rings (SSSR count). The highest BCUT2D eigenvalue weighted by Gasteiger charge is 2.19. The lowest BCUT2D eigenvalue weighted by molar-refractivity contribution is -0.119. The van der Waals surface area contributed by atoms with Crippen LogP contribution in [-0.4, -0.2) is 32.6 Å². The summed E-state index contributed by atoms with van der Waals surface area (Å²) in [7, 11) is 3.42. The van der Waals surface area contributed by atoms with E-state index in [4.69, 9.17) is 4.74 Å². The van der Waals surface area contributed by atoms with Gasteiger partial charge in [0, 0.05) is 38.8 Å². The van der Waals surface area contributed by atoms with Crippen molar-refractivity contribution in [2.24, 2.45) is 4.99 Å². The van der Waals surface area contributed by atoms with E-state index >= 15 is 0 Å². The summed E-state index contributed by atoms with van der Waals surface area (Å²) in [6.45, 7) is 2.16. The van der Waals surface area contributed by atoms with Crippen molar-refractivity contribution in [1.29, 1.82) is 0 Å². The number of carbonyl (C=O) groups excluding carboxylic acids is 1. The van der Waals surface area contributed by atoms with Gasteiger partial charge in [-0.2, -0.15) is 0 Å². The zero-order valence-electron chi connectivity index (χ0n) is 17.0. The van der Waals surface area contributed by atoms with Gasteiger partial charge in [0.25, 0.3) is 0 Å². The Balaban J connectivity index is 0.00000300. The van der Waals surface area contributed by atoms with E-state index in [2.05, 4.69) is 27.8 Å². The quantitative estimate of drug-likeness (QED) is 0.355. The molecular formula is C22H29IN4O2. The van der Waals surface area contributed by atoms with Crippen molar-refractivity contribution in [3.63, 3.8) is 0 Å². The van der Waals surface area contributed by atoms with E-state index in [0.29, 0.717) is 19.5 Å². The smallest absolute Gasteiger partial charge is 0.226 e. The summed E-state index contributed by atoms with van der Waals surface area (Å²) < 4.78 is 5.18. The number of carbonyl (C=O) groups is 1. The third-order valence-electron chi connectivity index (χ3n) is 4.87. The van der Waals surface area contributed by atoms with Crippen LogP contribution in [0.25, 0.3) is 0 Å². The fraction of sp³-hybridized carbons (Fsp3) is 0.364. The molecule has 0 saturated carbocycles. The number of amides is 1.